The molecule has 0 bridgehead atoms. The summed E-state index contributed by atoms with van der Waals surface area (Å²) in [4.78, 5) is 14.5. The van der Waals surface area contributed by atoms with Gasteiger partial charge < -0.3 is 14.4 Å². The van der Waals surface area contributed by atoms with Crippen molar-refractivity contribution in [2.75, 3.05) is 27.3 Å². The average molecular weight is 402 g/mol. The number of allylic oxidation sites excluding steroid dienone is 1. The van der Waals surface area contributed by atoms with E-state index >= 15 is 0 Å². The molecule has 29 heavy (non-hydrogen) atoms. The van der Waals surface area contributed by atoms with Gasteiger partial charge in [0.05, 0.1) is 0 Å². The molecule has 3 saturated carbocycles. The molecule has 8 atom stereocenters. The first-order valence-corrected chi connectivity index (χ1v) is 12.0. The standard InChI is InChI=1S/C25H39NO3/c1-16-20-7-8-22-19-6-5-17-13-18(29-23(27)14-28-4)9-11-24(17,2)21(19)10-12-25(20,22)15-26(16)3/h5,16,18-22H,6-15H2,1-4H3/t16-,18-,19+,20+,21-,22-,24-,25-/m0/s1. The van der Waals surface area contributed by atoms with Gasteiger partial charge in [0.15, 0.2) is 0 Å². The first-order valence-electron chi connectivity index (χ1n) is 12.0. The Balaban J connectivity index is 1.35. The van der Waals surface area contributed by atoms with Crippen molar-refractivity contribution in [3.05, 3.63) is 11.6 Å². The topological polar surface area (TPSA) is 38.8 Å². The van der Waals surface area contributed by atoms with Gasteiger partial charge in [0.2, 0.25) is 0 Å². The second-order valence-corrected chi connectivity index (χ2v) is 11.2. The third kappa shape index (κ3) is 2.88. The van der Waals surface area contributed by atoms with Crippen LogP contribution in [-0.2, 0) is 14.3 Å². The number of ether oxygens (including phenoxy) is 2. The van der Waals surface area contributed by atoms with Gasteiger partial charge in [0, 0.05) is 26.1 Å². The Morgan fingerprint density at radius 3 is 2.76 bits per heavy atom. The number of nitrogens with zero attached hydrogens (tertiary/aromatic N) is 1. The van der Waals surface area contributed by atoms with Gasteiger partial charge in [-0.1, -0.05) is 18.6 Å². The molecule has 0 N–H and O–H groups in total. The van der Waals surface area contributed by atoms with Crippen LogP contribution in [0.15, 0.2) is 11.6 Å². The zero-order chi connectivity index (χ0) is 20.4. The van der Waals surface area contributed by atoms with Crippen molar-refractivity contribution in [2.45, 2.75) is 77.4 Å². The number of hydrogen-bond acceptors (Lipinski definition) is 4. The second kappa shape index (κ2) is 7.09. The molecular formula is C25H39NO3. The Bertz CT molecular complexity index is 704. The van der Waals surface area contributed by atoms with E-state index < -0.39 is 0 Å². The third-order valence-corrected chi connectivity index (χ3v) is 10.2. The Hall–Kier alpha value is -0.870. The van der Waals surface area contributed by atoms with Crippen LogP contribution in [0.2, 0.25) is 0 Å². The summed E-state index contributed by atoms with van der Waals surface area (Å²) in [5.41, 5.74) is 2.51. The number of likely N-dealkylation sites (tertiary alicyclic amines) is 1. The van der Waals surface area contributed by atoms with Crippen LogP contribution < -0.4 is 0 Å². The highest BCUT2D eigenvalue weighted by Gasteiger charge is 2.64. The lowest BCUT2D eigenvalue weighted by molar-refractivity contribution is -0.155. The van der Waals surface area contributed by atoms with Crippen LogP contribution >= 0.6 is 0 Å². The monoisotopic (exact) mass is 401 g/mol. The van der Waals surface area contributed by atoms with Gasteiger partial charge in [-0.05, 0) is 93.4 Å². The minimum Gasteiger partial charge on any atom is -0.460 e. The lowest BCUT2D eigenvalue weighted by atomic mass is 9.47. The maximum Gasteiger partial charge on any atom is 0.332 e. The van der Waals surface area contributed by atoms with Gasteiger partial charge >= 0.3 is 5.97 Å². The molecule has 1 saturated heterocycles. The summed E-state index contributed by atoms with van der Waals surface area (Å²) in [7, 11) is 3.91. The molecule has 0 unspecified atom stereocenters. The Morgan fingerprint density at radius 2 is 1.97 bits per heavy atom. The minimum atomic E-state index is -0.216. The lowest BCUT2D eigenvalue weighted by Gasteiger charge is -2.58. The second-order valence-electron chi connectivity index (χ2n) is 11.2. The molecule has 0 aromatic heterocycles. The summed E-state index contributed by atoms with van der Waals surface area (Å²) < 4.78 is 10.6. The molecule has 5 rings (SSSR count). The zero-order valence-corrected chi connectivity index (χ0v) is 18.8. The number of carbonyl (C=O) groups is 1. The first kappa shape index (κ1) is 20.1. The molecular weight excluding hydrogens is 362 g/mol. The molecule has 4 aliphatic carbocycles. The summed E-state index contributed by atoms with van der Waals surface area (Å²) in [6.45, 7) is 6.41. The van der Waals surface area contributed by atoms with Crippen LogP contribution in [0, 0.1) is 34.5 Å². The summed E-state index contributed by atoms with van der Waals surface area (Å²) in [5, 5.41) is 0. The molecule has 0 amide bonds. The summed E-state index contributed by atoms with van der Waals surface area (Å²) in [5.74, 6) is 3.33. The first-order chi connectivity index (χ1) is 13.9. The molecule has 5 aliphatic rings. The van der Waals surface area contributed by atoms with E-state index in [2.05, 4.69) is 31.9 Å². The smallest absolute Gasteiger partial charge is 0.332 e. The normalized spacial score (nSPS) is 48.9. The van der Waals surface area contributed by atoms with Crippen LogP contribution in [0.3, 0.4) is 0 Å². The minimum absolute atomic E-state index is 0.0450. The van der Waals surface area contributed by atoms with Crippen LogP contribution in [-0.4, -0.2) is 50.3 Å². The van der Waals surface area contributed by atoms with Crippen LogP contribution in [0.4, 0.5) is 0 Å². The highest BCUT2D eigenvalue weighted by molar-refractivity contribution is 5.70. The Kier molecular flexibility index (Phi) is 4.90. The van der Waals surface area contributed by atoms with Crippen molar-refractivity contribution in [2.24, 2.45) is 34.5 Å². The predicted molar refractivity (Wildman–Crippen MR) is 113 cm³/mol. The van der Waals surface area contributed by atoms with Gasteiger partial charge in [-0.25, -0.2) is 4.79 Å². The van der Waals surface area contributed by atoms with Crippen LogP contribution in [0.1, 0.15) is 65.2 Å². The molecule has 0 aromatic rings. The lowest BCUT2D eigenvalue weighted by Crippen LogP contribution is -2.51. The fourth-order valence-corrected chi connectivity index (χ4v) is 8.87. The SMILES string of the molecule is COCC(=O)O[C@H]1CC[C@@]2(C)C(=CC[C@H]3[C@@H]4CC[C@@H]5[C@H](C)N(C)C[C@@]54CC[C@@H]32)C1. The van der Waals surface area contributed by atoms with Crippen LogP contribution in [0.5, 0.6) is 0 Å². The number of hydrogen-bond donors (Lipinski definition) is 0. The van der Waals surface area contributed by atoms with E-state index in [0.717, 1.165) is 42.6 Å². The number of fused-ring (bicyclic) bond motifs is 4. The Morgan fingerprint density at radius 1 is 1.17 bits per heavy atom. The van der Waals surface area contributed by atoms with Crippen molar-refractivity contribution in [1.82, 2.24) is 4.90 Å². The number of carbonyl (C=O) groups excluding carboxylic acids is 1. The molecule has 1 aliphatic heterocycles. The van der Waals surface area contributed by atoms with Gasteiger partial charge in [-0.2, -0.15) is 0 Å². The molecule has 162 valence electrons. The zero-order valence-electron chi connectivity index (χ0n) is 18.8. The molecule has 1 heterocycles. The Labute approximate surface area is 176 Å². The highest BCUT2D eigenvalue weighted by atomic mass is 16.6. The summed E-state index contributed by atoms with van der Waals surface area (Å²) in [6, 6.07) is 0.763. The van der Waals surface area contributed by atoms with Crippen molar-refractivity contribution in [3.8, 4) is 0 Å². The van der Waals surface area contributed by atoms with Gasteiger partial charge in [-0.3, -0.25) is 0 Å². The number of esters is 1. The molecule has 4 heteroatoms. The maximum atomic E-state index is 11.9. The maximum absolute atomic E-state index is 11.9. The third-order valence-electron chi connectivity index (χ3n) is 10.2. The van der Waals surface area contributed by atoms with E-state index in [-0.39, 0.29) is 18.7 Å². The van der Waals surface area contributed by atoms with Gasteiger partial charge in [-0.15, -0.1) is 0 Å². The molecule has 4 nitrogen and oxygen atoms in total. The van der Waals surface area contributed by atoms with E-state index in [1.54, 1.807) is 12.7 Å². The quantitative estimate of drug-likeness (QED) is 0.518. The molecule has 0 aromatic carbocycles. The molecule has 0 radical (unpaired) electrons. The van der Waals surface area contributed by atoms with Crippen LogP contribution in [0.25, 0.3) is 0 Å². The molecule has 1 spiro atoms. The fourth-order valence-electron chi connectivity index (χ4n) is 8.87. The van der Waals surface area contributed by atoms with Crippen molar-refractivity contribution >= 4 is 5.97 Å². The summed E-state index contributed by atoms with van der Waals surface area (Å²) >= 11 is 0. The van der Waals surface area contributed by atoms with E-state index in [1.165, 1.54) is 45.1 Å². The predicted octanol–water partition coefficient (Wildman–Crippen LogP) is 4.44. The number of methoxy groups -OCH3 is 1. The van der Waals surface area contributed by atoms with Crippen molar-refractivity contribution in [1.29, 1.82) is 0 Å². The molecule has 4 fully saturated rings. The highest BCUT2D eigenvalue weighted by Crippen LogP contribution is 2.68. The van der Waals surface area contributed by atoms with E-state index in [9.17, 15) is 4.79 Å². The van der Waals surface area contributed by atoms with Crippen molar-refractivity contribution in [3.63, 3.8) is 0 Å². The largest absolute Gasteiger partial charge is 0.460 e. The van der Waals surface area contributed by atoms with Crippen molar-refractivity contribution < 1.29 is 14.3 Å². The number of rotatable bonds is 3. The van der Waals surface area contributed by atoms with E-state index in [0.29, 0.717) is 10.8 Å². The van der Waals surface area contributed by atoms with E-state index in [4.69, 9.17) is 9.47 Å². The van der Waals surface area contributed by atoms with Gasteiger partial charge in [0.1, 0.15) is 12.7 Å². The fraction of sp³-hybridized carbons (Fsp3) is 0.880. The average Bonchev–Trinajstić information content (AvgIpc) is 3.16. The summed E-state index contributed by atoms with van der Waals surface area (Å²) in [6.07, 6.45) is 12.7. The van der Waals surface area contributed by atoms with Gasteiger partial charge in [0.25, 0.3) is 0 Å². The van der Waals surface area contributed by atoms with E-state index in [1.807, 2.05) is 0 Å².